The van der Waals surface area contributed by atoms with Gasteiger partial charge in [0.05, 0.1) is 5.70 Å². The van der Waals surface area contributed by atoms with E-state index in [4.69, 9.17) is 0 Å². The average Bonchev–Trinajstić information content (AvgIpc) is 1.89. The molecule has 52 valence electrons. The molecule has 0 unspecified atom stereocenters. The van der Waals surface area contributed by atoms with E-state index in [-0.39, 0.29) is 0 Å². The summed E-state index contributed by atoms with van der Waals surface area (Å²) >= 11 is 0. The Morgan fingerprint density at radius 2 is 2.40 bits per heavy atom. The van der Waals surface area contributed by atoms with Gasteiger partial charge in [-0.2, -0.15) is 4.99 Å². The molecule has 3 nitrogen and oxygen atoms in total. The fourth-order valence-electron chi connectivity index (χ4n) is 0.311. The first kappa shape index (κ1) is 8.53. The maximum Gasteiger partial charge on any atom is 0.240 e. The second-order valence-corrected chi connectivity index (χ2v) is 1.42. The number of isocyanates is 1. The van der Waals surface area contributed by atoms with Crippen molar-refractivity contribution in [1.82, 2.24) is 0 Å². The second kappa shape index (κ2) is 5.66. The van der Waals surface area contributed by atoms with Crippen LogP contribution in [0.3, 0.4) is 0 Å². The molecule has 3 heteroatoms. The van der Waals surface area contributed by atoms with E-state index in [9.17, 15) is 4.79 Å². The summed E-state index contributed by atoms with van der Waals surface area (Å²) in [6.45, 7) is 5.21. The van der Waals surface area contributed by atoms with Crippen LogP contribution in [-0.2, 0) is 4.79 Å². The first-order valence-corrected chi connectivity index (χ1v) is 2.72. The molecular weight excluding hydrogens is 128 g/mol. The number of carbonyl (C=O) groups excluding carboxylic acids is 1. The van der Waals surface area contributed by atoms with Crippen LogP contribution in [-0.4, -0.2) is 12.3 Å². The zero-order valence-corrected chi connectivity index (χ0v) is 5.74. The van der Waals surface area contributed by atoms with Gasteiger partial charge in [0.15, 0.2) is 0 Å². The van der Waals surface area contributed by atoms with Crippen molar-refractivity contribution < 1.29 is 4.79 Å². The van der Waals surface area contributed by atoms with Crippen LogP contribution < -0.4 is 0 Å². The van der Waals surface area contributed by atoms with Gasteiger partial charge in [-0.3, -0.25) is 4.99 Å². The van der Waals surface area contributed by atoms with Gasteiger partial charge in [-0.25, -0.2) is 4.79 Å². The van der Waals surface area contributed by atoms with E-state index in [0.717, 1.165) is 0 Å². The first-order chi connectivity index (χ1) is 4.81. The minimum absolute atomic E-state index is 0.348. The number of aliphatic imine (C=N–C) groups is 2. The number of hydrogen-bond acceptors (Lipinski definition) is 3. The molecule has 0 atom stereocenters. The minimum Gasteiger partial charge on any atom is -0.269 e. The van der Waals surface area contributed by atoms with Crippen molar-refractivity contribution in [2.45, 2.75) is 6.92 Å². The molecule has 0 aliphatic carbocycles. The maximum atomic E-state index is 9.62. The Kier molecular flexibility index (Phi) is 4.83. The Morgan fingerprint density at radius 1 is 1.70 bits per heavy atom. The maximum absolute atomic E-state index is 9.62. The van der Waals surface area contributed by atoms with Gasteiger partial charge in [0, 0.05) is 12.4 Å². The number of rotatable bonds is 3. The lowest BCUT2D eigenvalue weighted by Crippen LogP contribution is -1.64. The Balaban J connectivity index is 3.89. The fraction of sp³-hybridized carbons (Fsp3) is 0.143. The molecule has 0 aromatic rings. The Hall–Kier alpha value is -1.47. The normalized spacial score (nSPS) is 10.1. The molecule has 0 aromatic heterocycles. The molecule has 0 fully saturated rings. The summed E-state index contributed by atoms with van der Waals surface area (Å²) in [4.78, 5) is 16.6. The molecule has 0 rings (SSSR count). The Bertz CT molecular complexity index is 210. The van der Waals surface area contributed by atoms with Gasteiger partial charge in [-0.15, -0.1) is 0 Å². The minimum atomic E-state index is 0.348. The van der Waals surface area contributed by atoms with Crippen LogP contribution in [0.2, 0.25) is 0 Å². The van der Waals surface area contributed by atoms with E-state index in [1.807, 2.05) is 0 Å². The van der Waals surface area contributed by atoms with E-state index in [1.54, 1.807) is 13.1 Å². The molecule has 0 heterocycles. The van der Waals surface area contributed by atoms with Gasteiger partial charge < -0.3 is 0 Å². The summed E-state index contributed by atoms with van der Waals surface area (Å²) in [5.74, 6) is 0. The summed E-state index contributed by atoms with van der Waals surface area (Å²) in [5.41, 5.74) is 0.348. The molecule has 0 bridgehead atoms. The number of hydrogen-bond donors (Lipinski definition) is 0. The van der Waals surface area contributed by atoms with Crippen LogP contribution in [0, 0.1) is 0 Å². The lowest BCUT2D eigenvalue weighted by atomic mass is 10.5. The molecule has 0 aromatic carbocycles. The molecular formula is C7H8N2O. The highest BCUT2D eigenvalue weighted by Gasteiger charge is 1.76. The van der Waals surface area contributed by atoms with E-state index < -0.39 is 0 Å². The van der Waals surface area contributed by atoms with Crippen LogP contribution in [0.5, 0.6) is 0 Å². The van der Waals surface area contributed by atoms with Crippen molar-refractivity contribution in [3.8, 4) is 0 Å². The summed E-state index contributed by atoms with van der Waals surface area (Å²) in [6, 6.07) is 0. The van der Waals surface area contributed by atoms with Gasteiger partial charge in [0.2, 0.25) is 6.08 Å². The van der Waals surface area contributed by atoms with Crippen molar-refractivity contribution in [1.29, 1.82) is 0 Å². The third-order valence-electron chi connectivity index (χ3n) is 0.691. The van der Waals surface area contributed by atoms with Crippen molar-refractivity contribution in [2.75, 3.05) is 0 Å². The highest BCUT2D eigenvalue weighted by Crippen LogP contribution is 1.91. The molecule has 10 heavy (non-hydrogen) atoms. The predicted octanol–water partition coefficient (Wildman–Crippen LogP) is 1.44. The van der Waals surface area contributed by atoms with E-state index in [2.05, 4.69) is 16.6 Å². The SMILES string of the molecule is C=C(/C=C\N=CC)N=C=O. The zero-order valence-electron chi connectivity index (χ0n) is 5.74. The van der Waals surface area contributed by atoms with Gasteiger partial charge in [-0.1, -0.05) is 6.58 Å². The van der Waals surface area contributed by atoms with Crippen molar-refractivity contribution >= 4 is 12.3 Å². The molecule has 0 saturated heterocycles. The molecule has 0 N–H and O–H groups in total. The summed E-state index contributed by atoms with van der Waals surface area (Å²) in [7, 11) is 0. The molecule has 0 amide bonds. The largest absolute Gasteiger partial charge is 0.269 e. The number of nitrogens with zero attached hydrogens (tertiary/aromatic N) is 2. The zero-order chi connectivity index (χ0) is 7.82. The molecule has 0 spiro atoms. The van der Waals surface area contributed by atoms with Crippen LogP contribution in [0.25, 0.3) is 0 Å². The van der Waals surface area contributed by atoms with Gasteiger partial charge in [0.25, 0.3) is 0 Å². The van der Waals surface area contributed by atoms with Crippen LogP contribution in [0.4, 0.5) is 0 Å². The van der Waals surface area contributed by atoms with Crippen molar-refractivity contribution in [2.24, 2.45) is 9.98 Å². The second-order valence-electron chi connectivity index (χ2n) is 1.42. The average molecular weight is 136 g/mol. The smallest absolute Gasteiger partial charge is 0.240 e. The molecule has 0 aliphatic heterocycles. The quantitative estimate of drug-likeness (QED) is 0.329. The first-order valence-electron chi connectivity index (χ1n) is 2.72. The topological polar surface area (TPSA) is 41.8 Å². The molecule has 0 saturated carbocycles. The summed E-state index contributed by atoms with van der Waals surface area (Å²) < 4.78 is 0. The number of allylic oxidation sites excluding steroid dienone is 1. The van der Waals surface area contributed by atoms with Gasteiger partial charge >= 0.3 is 0 Å². The fourth-order valence-corrected chi connectivity index (χ4v) is 0.311. The summed E-state index contributed by atoms with van der Waals surface area (Å²) in [6.07, 6.45) is 6.01. The predicted molar refractivity (Wildman–Crippen MR) is 40.6 cm³/mol. The van der Waals surface area contributed by atoms with Gasteiger partial charge in [-0.05, 0) is 13.0 Å². The highest BCUT2D eigenvalue weighted by atomic mass is 16.1. The standard InChI is InChI=1S/C7H8N2O/c1-3-8-5-4-7(2)9-6-10/h3-5H,2H2,1H3/b5-4-,8-3?. The Morgan fingerprint density at radius 3 is 2.90 bits per heavy atom. The third-order valence-corrected chi connectivity index (χ3v) is 0.691. The monoisotopic (exact) mass is 136 g/mol. The lowest BCUT2D eigenvalue weighted by Gasteiger charge is -1.79. The van der Waals surface area contributed by atoms with E-state index in [0.29, 0.717) is 5.70 Å². The van der Waals surface area contributed by atoms with Gasteiger partial charge in [0.1, 0.15) is 0 Å². The molecule has 0 radical (unpaired) electrons. The van der Waals surface area contributed by atoms with Crippen LogP contribution in [0.15, 0.2) is 34.5 Å². The van der Waals surface area contributed by atoms with Crippen molar-refractivity contribution in [3.05, 3.63) is 24.6 Å². The van der Waals surface area contributed by atoms with Crippen LogP contribution >= 0.6 is 0 Å². The lowest BCUT2D eigenvalue weighted by molar-refractivity contribution is 0.565. The Labute approximate surface area is 59.5 Å². The van der Waals surface area contributed by atoms with Crippen LogP contribution in [0.1, 0.15) is 6.92 Å². The van der Waals surface area contributed by atoms with E-state index in [1.165, 1.54) is 18.4 Å². The highest BCUT2D eigenvalue weighted by molar-refractivity contribution is 5.54. The summed E-state index contributed by atoms with van der Waals surface area (Å²) in [5, 5.41) is 0. The van der Waals surface area contributed by atoms with Crippen molar-refractivity contribution in [3.63, 3.8) is 0 Å². The molecule has 0 aliphatic rings. The van der Waals surface area contributed by atoms with E-state index >= 15 is 0 Å². The third kappa shape index (κ3) is 4.68.